The molecule has 1 aliphatic carbocycles. The number of amides is 1. The molecule has 1 fully saturated rings. The molecule has 1 aliphatic rings. The fraction of sp³-hybridized carbons (Fsp3) is 0.462. The summed E-state index contributed by atoms with van der Waals surface area (Å²) in [5.41, 5.74) is 0.245. The Balaban J connectivity index is 2.02. The highest BCUT2D eigenvalue weighted by atomic mass is 35.5. The summed E-state index contributed by atoms with van der Waals surface area (Å²) in [6.45, 7) is 0. The summed E-state index contributed by atoms with van der Waals surface area (Å²) >= 11 is 7.67. The van der Waals surface area contributed by atoms with E-state index in [0.29, 0.717) is 10.3 Å². The molecule has 2 rings (SSSR count). The van der Waals surface area contributed by atoms with Gasteiger partial charge in [-0.15, -0.1) is 0 Å². The van der Waals surface area contributed by atoms with Crippen LogP contribution in [0.4, 0.5) is 0 Å². The number of hydrogen-bond donors (Lipinski definition) is 2. The third-order valence-corrected chi connectivity index (χ3v) is 4.59. The van der Waals surface area contributed by atoms with Crippen LogP contribution in [0.2, 0.25) is 5.02 Å². The second kappa shape index (κ2) is 5.85. The smallest absolute Gasteiger partial charge is 0.255 e. The quantitative estimate of drug-likeness (QED) is 0.897. The minimum atomic E-state index is -0.248. The van der Waals surface area contributed by atoms with Crippen LogP contribution in [0.5, 0.6) is 5.75 Å². The number of aromatic hydroxyl groups is 1. The number of hydrogen-bond acceptors (Lipinski definition) is 3. The van der Waals surface area contributed by atoms with E-state index in [-0.39, 0.29) is 23.3 Å². The third kappa shape index (κ3) is 3.12. The Bertz CT molecular complexity index is 453. The molecule has 0 bridgehead atoms. The number of halogens is 1. The van der Waals surface area contributed by atoms with Crippen molar-refractivity contribution in [3.05, 3.63) is 28.8 Å². The molecule has 0 spiro atoms. The van der Waals surface area contributed by atoms with Crippen LogP contribution in [0, 0.1) is 0 Å². The van der Waals surface area contributed by atoms with E-state index in [4.69, 9.17) is 11.6 Å². The molecule has 3 nitrogen and oxygen atoms in total. The molecule has 0 radical (unpaired) electrons. The van der Waals surface area contributed by atoms with Crippen molar-refractivity contribution in [2.45, 2.75) is 30.6 Å². The molecular weight excluding hydrogens is 270 g/mol. The van der Waals surface area contributed by atoms with Gasteiger partial charge in [-0.05, 0) is 43.7 Å². The number of phenols is 1. The molecule has 0 aromatic heterocycles. The Morgan fingerprint density at radius 2 is 2.28 bits per heavy atom. The van der Waals surface area contributed by atoms with Crippen LogP contribution in [-0.4, -0.2) is 28.6 Å². The van der Waals surface area contributed by atoms with E-state index in [0.717, 1.165) is 19.3 Å². The number of phenolic OH excluding ortho intramolecular Hbond substituents is 1. The van der Waals surface area contributed by atoms with Gasteiger partial charge >= 0.3 is 0 Å². The first kappa shape index (κ1) is 13.6. The van der Waals surface area contributed by atoms with E-state index in [1.165, 1.54) is 12.1 Å². The summed E-state index contributed by atoms with van der Waals surface area (Å²) in [7, 11) is 0. The number of thioether (sulfide) groups is 1. The SMILES string of the molecule is CSC1CCC(NC(=O)c2cc(Cl)ccc2O)C1. The lowest BCUT2D eigenvalue weighted by atomic mass is 10.1. The zero-order chi connectivity index (χ0) is 13.1. The third-order valence-electron chi connectivity index (χ3n) is 3.26. The maximum atomic E-state index is 12.0. The molecule has 0 saturated heterocycles. The molecule has 0 heterocycles. The summed E-state index contributed by atoms with van der Waals surface area (Å²) in [4.78, 5) is 12.0. The van der Waals surface area contributed by atoms with Gasteiger partial charge < -0.3 is 10.4 Å². The van der Waals surface area contributed by atoms with E-state index in [1.807, 2.05) is 11.8 Å². The van der Waals surface area contributed by atoms with Crippen LogP contribution < -0.4 is 5.32 Å². The van der Waals surface area contributed by atoms with Crippen LogP contribution in [0.1, 0.15) is 29.6 Å². The zero-order valence-electron chi connectivity index (χ0n) is 10.1. The first-order valence-corrected chi connectivity index (χ1v) is 7.59. The van der Waals surface area contributed by atoms with Gasteiger partial charge in [-0.1, -0.05) is 11.6 Å². The summed E-state index contributed by atoms with van der Waals surface area (Å²) in [6.07, 6.45) is 5.22. The number of benzene rings is 1. The summed E-state index contributed by atoms with van der Waals surface area (Å²) in [5.74, 6) is -0.280. The van der Waals surface area contributed by atoms with Crippen molar-refractivity contribution in [3.63, 3.8) is 0 Å². The molecule has 2 N–H and O–H groups in total. The summed E-state index contributed by atoms with van der Waals surface area (Å²) in [5, 5.41) is 13.7. The van der Waals surface area contributed by atoms with Crippen molar-refractivity contribution >= 4 is 29.3 Å². The standard InChI is InChI=1S/C13H16ClNO2S/c1-18-10-4-3-9(7-10)15-13(17)11-6-8(14)2-5-12(11)16/h2,5-6,9-10,16H,3-4,7H2,1H3,(H,15,17). The monoisotopic (exact) mass is 285 g/mol. The molecule has 2 unspecified atom stereocenters. The second-order valence-electron chi connectivity index (χ2n) is 4.50. The van der Waals surface area contributed by atoms with Crippen LogP contribution in [-0.2, 0) is 0 Å². The minimum Gasteiger partial charge on any atom is -0.507 e. The van der Waals surface area contributed by atoms with E-state index >= 15 is 0 Å². The predicted molar refractivity (Wildman–Crippen MR) is 75.5 cm³/mol. The van der Waals surface area contributed by atoms with Gasteiger partial charge in [0, 0.05) is 16.3 Å². The number of rotatable bonds is 3. The van der Waals surface area contributed by atoms with Crippen molar-refractivity contribution in [2.24, 2.45) is 0 Å². The Hall–Kier alpha value is -0.870. The van der Waals surface area contributed by atoms with Gasteiger partial charge in [-0.2, -0.15) is 11.8 Å². The van der Waals surface area contributed by atoms with Crippen LogP contribution in [0.25, 0.3) is 0 Å². The fourth-order valence-corrected chi connectivity index (χ4v) is 3.21. The van der Waals surface area contributed by atoms with Crippen LogP contribution >= 0.6 is 23.4 Å². The summed E-state index contributed by atoms with van der Waals surface area (Å²) in [6, 6.07) is 4.70. The first-order chi connectivity index (χ1) is 8.60. The maximum Gasteiger partial charge on any atom is 0.255 e. The molecule has 1 amide bonds. The molecule has 18 heavy (non-hydrogen) atoms. The largest absolute Gasteiger partial charge is 0.507 e. The molecule has 1 aromatic carbocycles. The Morgan fingerprint density at radius 3 is 2.94 bits per heavy atom. The molecule has 98 valence electrons. The fourth-order valence-electron chi connectivity index (χ4n) is 2.24. The van der Waals surface area contributed by atoms with Gasteiger partial charge in [0.2, 0.25) is 0 Å². The molecular formula is C13H16ClNO2S. The lowest BCUT2D eigenvalue weighted by molar-refractivity contribution is 0.0935. The van der Waals surface area contributed by atoms with Crippen molar-refractivity contribution in [2.75, 3.05) is 6.26 Å². The Labute approximate surface area is 116 Å². The number of nitrogens with one attached hydrogen (secondary N) is 1. The highest BCUT2D eigenvalue weighted by Crippen LogP contribution is 2.29. The zero-order valence-corrected chi connectivity index (χ0v) is 11.7. The van der Waals surface area contributed by atoms with Crippen LogP contribution in [0.15, 0.2) is 18.2 Å². The highest BCUT2D eigenvalue weighted by Gasteiger charge is 2.26. The van der Waals surface area contributed by atoms with E-state index in [1.54, 1.807) is 6.07 Å². The Morgan fingerprint density at radius 1 is 1.50 bits per heavy atom. The molecule has 1 saturated carbocycles. The molecule has 1 aromatic rings. The van der Waals surface area contributed by atoms with Gasteiger partial charge in [-0.3, -0.25) is 4.79 Å². The number of carbonyl (C=O) groups excluding carboxylic acids is 1. The molecule has 5 heteroatoms. The average molecular weight is 286 g/mol. The van der Waals surface area contributed by atoms with E-state index < -0.39 is 0 Å². The minimum absolute atomic E-state index is 0.0312. The van der Waals surface area contributed by atoms with Crippen molar-refractivity contribution in [3.8, 4) is 5.75 Å². The molecule has 0 aliphatic heterocycles. The first-order valence-electron chi connectivity index (χ1n) is 5.92. The van der Waals surface area contributed by atoms with Crippen molar-refractivity contribution in [1.29, 1.82) is 0 Å². The highest BCUT2D eigenvalue weighted by molar-refractivity contribution is 7.99. The van der Waals surface area contributed by atoms with Crippen molar-refractivity contribution in [1.82, 2.24) is 5.32 Å². The lowest BCUT2D eigenvalue weighted by Gasteiger charge is -2.13. The molecule has 2 atom stereocenters. The maximum absolute atomic E-state index is 12.0. The Kier molecular flexibility index (Phi) is 4.40. The van der Waals surface area contributed by atoms with E-state index in [2.05, 4.69) is 11.6 Å². The lowest BCUT2D eigenvalue weighted by Crippen LogP contribution is -2.33. The van der Waals surface area contributed by atoms with Crippen LogP contribution in [0.3, 0.4) is 0 Å². The summed E-state index contributed by atoms with van der Waals surface area (Å²) < 4.78 is 0. The number of carbonyl (C=O) groups is 1. The van der Waals surface area contributed by atoms with Gasteiger partial charge in [-0.25, -0.2) is 0 Å². The van der Waals surface area contributed by atoms with Gasteiger partial charge in [0.1, 0.15) is 5.75 Å². The average Bonchev–Trinajstić information content (AvgIpc) is 2.80. The van der Waals surface area contributed by atoms with Gasteiger partial charge in [0.25, 0.3) is 5.91 Å². The normalized spacial score (nSPS) is 23.0. The van der Waals surface area contributed by atoms with Gasteiger partial charge in [0.05, 0.1) is 5.56 Å². The van der Waals surface area contributed by atoms with Gasteiger partial charge in [0.15, 0.2) is 0 Å². The predicted octanol–water partition coefficient (Wildman–Crippen LogP) is 3.06. The van der Waals surface area contributed by atoms with Crippen molar-refractivity contribution < 1.29 is 9.90 Å². The second-order valence-corrected chi connectivity index (χ2v) is 6.08. The topological polar surface area (TPSA) is 49.3 Å². The van der Waals surface area contributed by atoms with E-state index in [9.17, 15) is 9.90 Å².